The summed E-state index contributed by atoms with van der Waals surface area (Å²) in [6.45, 7) is 0. The third-order valence-corrected chi connectivity index (χ3v) is 8.62. The SMILES string of the molecule is CN1C(=O)C(c2cccc(C3CCc4cc(S(=O)(=O)O)ccc43)c2)(c2ccc(F)c(Br)c2)NC1=S. The predicted octanol–water partition coefficient (Wildman–Crippen LogP) is 4.50. The van der Waals surface area contributed by atoms with Crippen molar-refractivity contribution in [2.45, 2.75) is 29.2 Å². The van der Waals surface area contributed by atoms with E-state index in [0.717, 1.165) is 23.1 Å². The quantitative estimate of drug-likeness (QED) is 0.352. The summed E-state index contributed by atoms with van der Waals surface area (Å²) in [6, 6.07) is 16.7. The Labute approximate surface area is 216 Å². The summed E-state index contributed by atoms with van der Waals surface area (Å²) in [4.78, 5) is 14.8. The van der Waals surface area contributed by atoms with Crippen LogP contribution in [-0.4, -0.2) is 35.9 Å². The molecule has 1 heterocycles. The van der Waals surface area contributed by atoms with Gasteiger partial charge < -0.3 is 5.32 Å². The standard InChI is InChI=1S/C25H20BrFN2O4S2/c1-29-23(30)25(28-24(29)34,17-6-10-22(27)21(26)13-17)16-4-2-3-14(11-16)19-8-5-15-12-18(35(31,32)33)7-9-20(15)19/h2-4,6-7,9-13,19H,5,8H2,1H3,(H,28,34)(H,31,32,33). The lowest BCUT2D eigenvalue weighted by molar-refractivity contribution is -0.129. The maximum absolute atomic E-state index is 14.0. The van der Waals surface area contributed by atoms with Crippen LogP contribution < -0.4 is 5.32 Å². The van der Waals surface area contributed by atoms with E-state index in [4.69, 9.17) is 12.2 Å². The van der Waals surface area contributed by atoms with Gasteiger partial charge in [-0.15, -0.1) is 0 Å². The van der Waals surface area contributed by atoms with Crippen LogP contribution in [0.1, 0.15) is 40.2 Å². The smallest absolute Gasteiger partial charge is 0.294 e. The van der Waals surface area contributed by atoms with Crippen molar-refractivity contribution in [3.63, 3.8) is 0 Å². The minimum Gasteiger partial charge on any atom is -0.341 e. The lowest BCUT2D eigenvalue weighted by Gasteiger charge is -2.29. The third-order valence-electron chi connectivity index (χ3n) is 6.79. The second kappa shape index (κ2) is 8.48. The van der Waals surface area contributed by atoms with Crippen LogP contribution in [0.5, 0.6) is 0 Å². The zero-order valence-corrected chi connectivity index (χ0v) is 21.7. The molecule has 0 radical (unpaired) electrons. The summed E-state index contributed by atoms with van der Waals surface area (Å²) in [5.41, 5.74) is 2.68. The second-order valence-corrected chi connectivity index (χ2v) is 11.4. The average Bonchev–Trinajstić information content (AvgIpc) is 3.35. The van der Waals surface area contributed by atoms with Gasteiger partial charge in [-0.1, -0.05) is 36.4 Å². The highest BCUT2D eigenvalue weighted by Crippen LogP contribution is 2.42. The molecule has 6 nitrogen and oxygen atoms in total. The first kappa shape index (κ1) is 24.1. The molecule has 3 aromatic rings. The first-order valence-electron chi connectivity index (χ1n) is 10.8. The number of nitrogens with zero attached hydrogens (tertiary/aromatic N) is 1. The number of likely N-dealkylation sites (N-methyl/N-ethyl adjacent to an activating group) is 1. The van der Waals surface area contributed by atoms with E-state index in [1.165, 1.54) is 23.1 Å². The van der Waals surface area contributed by atoms with Crippen LogP contribution in [-0.2, 0) is 26.9 Å². The summed E-state index contributed by atoms with van der Waals surface area (Å²) in [5, 5.41) is 3.45. The van der Waals surface area contributed by atoms with Crippen LogP contribution in [0.4, 0.5) is 4.39 Å². The molecule has 0 saturated carbocycles. The van der Waals surface area contributed by atoms with Gasteiger partial charge in [0, 0.05) is 13.0 Å². The summed E-state index contributed by atoms with van der Waals surface area (Å²) in [7, 11) is -2.68. The van der Waals surface area contributed by atoms with E-state index in [9.17, 15) is 22.2 Å². The molecule has 1 fully saturated rings. The van der Waals surface area contributed by atoms with Crippen LogP contribution in [0.2, 0.25) is 0 Å². The molecule has 1 aliphatic carbocycles. The van der Waals surface area contributed by atoms with E-state index >= 15 is 0 Å². The maximum atomic E-state index is 14.0. The molecule has 1 saturated heterocycles. The molecule has 5 rings (SSSR count). The normalized spacial score (nSPS) is 21.8. The average molecular weight is 575 g/mol. The van der Waals surface area contributed by atoms with Gasteiger partial charge in [-0.25, -0.2) is 4.39 Å². The Kier molecular flexibility index (Phi) is 5.83. The molecule has 0 spiro atoms. The molecule has 2 N–H and O–H groups in total. The Hall–Kier alpha value is -2.66. The highest BCUT2D eigenvalue weighted by Gasteiger charge is 2.51. The highest BCUT2D eigenvalue weighted by atomic mass is 79.9. The lowest BCUT2D eigenvalue weighted by atomic mass is 9.80. The van der Waals surface area contributed by atoms with Gasteiger partial charge in [-0.3, -0.25) is 14.2 Å². The number of amides is 1. The van der Waals surface area contributed by atoms with E-state index in [2.05, 4.69) is 21.2 Å². The van der Waals surface area contributed by atoms with Crippen molar-refractivity contribution in [1.82, 2.24) is 10.2 Å². The van der Waals surface area contributed by atoms with Crippen molar-refractivity contribution in [3.05, 3.63) is 98.8 Å². The van der Waals surface area contributed by atoms with Crippen LogP contribution in [0, 0.1) is 5.82 Å². The van der Waals surface area contributed by atoms with E-state index in [1.54, 1.807) is 25.2 Å². The minimum atomic E-state index is -4.28. The summed E-state index contributed by atoms with van der Waals surface area (Å²) in [6.07, 6.45) is 1.41. The van der Waals surface area contributed by atoms with Crippen molar-refractivity contribution in [2.24, 2.45) is 0 Å². The van der Waals surface area contributed by atoms with Crippen LogP contribution >= 0.6 is 28.1 Å². The molecule has 10 heteroatoms. The van der Waals surface area contributed by atoms with E-state index in [0.29, 0.717) is 17.5 Å². The Morgan fingerprint density at radius 1 is 1.14 bits per heavy atom. The van der Waals surface area contributed by atoms with Gasteiger partial charge in [-0.2, -0.15) is 8.42 Å². The number of carbonyl (C=O) groups is 1. The van der Waals surface area contributed by atoms with Crippen LogP contribution in [0.15, 0.2) is 70.0 Å². The molecular formula is C25H20BrFN2O4S2. The van der Waals surface area contributed by atoms with Gasteiger partial charge in [0.05, 0.1) is 9.37 Å². The molecular weight excluding hydrogens is 555 g/mol. The molecule has 35 heavy (non-hydrogen) atoms. The predicted molar refractivity (Wildman–Crippen MR) is 136 cm³/mol. The third kappa shape index (κ3) is 3.88. The number of benzene rings is 3. The number of carbonyl (C=O) groups excluding carboxylic acids is 1. The van der Waals surface area contributed by atoms with Gasteiger partial charge >= 0.3 is 0 Å². The number of nitrogens with one attached hydrogen (secondary N) is 1. The first-order valence-corrected chi connectivity index (χ1v) is 13.4. The maximum Gasteiger partial charge on any atom is 0.294 e. The van der Waals surface area contributed by atoms with Gasteiger partial charge in [0.1, 0.15) is 5.82 Å². The van der Waals surface area contributed by atoms with Crippen LogP contribution in [0.3, 0.4) is 0 Å². The number of rotatable bonds is 4. The Balaban J connectivity index is 1.62. The fraction of sp³-hybridized carbons (Fsp3) is 0.200. The number of hydrogen-bond donors (Lipinski definition) is 2. The number of fused-ring (bicyclic) bond motifs is 1. The Morgan fingerprint density at radius 2 is 1.89 bits per heavy atom. The molecule has 0 bridgehead atoms. The summed E-state index contributed by atoms with van der Waals surface area (Å²) in [5.74, 6) is -0.729. The zero-order valence-electron chi connectivity index (χ0n) is 18.5. The first-order chi connectivity index (χ1) is 16.5. The molecule has 2 aliphatic rings. The fourth-order valence-electron chi connectivity index (χ4n) is 5.02. The van der Waals surface area contributed by atoms with Crippen molar-refractivity contribution < 1.29 is 22.2 Å². The van der Waals surface area contributed by atoms with Gasteiger partial charge in [0.25, 0.3) is 16.0 Å². The molecule has 2 atom stereocenters. The molecule has 3 aromatic carbocycles. The largest absolute Gasteiger partial charge is 0.341 e. The number of aryl methyl sites for hydroxylation is 1. The highest BCUT2D eigenvalue weighted by molar-refractivity contribution is 9.10. The van der Waals surface area contributed by atoms with Gasteiger partial charge in [0.15, 0.2) is 10.7 Å². The topological polar surface area (TPSA) is 86.7 Å². The van der Waals surface area contributed by atoms with Crippen molar-refractivity contribution >= 4 is 49.3 Å². The lowest BCUT2D eigenvalue weighted by Crippen LogP contribution is -2.45. The molecule has 0 aromatic heterocycles. The monoisotopic (exact) mass is 574 g/mol. The molecule has 2 unspecified atom stereocenters. The van der Waals surface area contributed by atoms with E-state index in [1.807, 2.05) is 24.3 Å². The number of halogens is 2. The Bertz CT molecular complexity index is 1510. The number of thiocarbonyl (C=S) groups is 1. The summed E-state index contributed by atoms with van der Waals surface area (Å²) >= 11 is 8.62. The zero-order chi connectivity index (χ0) is 25.1. The van der Waals surface area contributed by atoms with E-state index < -0.39 is 21.5 Å². The Morgan fingerprint density at radius 3 is 2.54 bits per heavy atom. The van der Waals surface area contributed by atoms with Crippen molar-refractivity contribution in [1.29, 1.82) is 0 Å². The van der Waals surface area contributed by atoms with Crippen LogP contribution in [0.25, 0.3) is 0 Å². The second-order valence-electron chi connectivity index (χ2n) is 8.73. The minimum absolute atomic E-state index is 0.0152. The van der Waals surface area contributed by atoms with Gasteiger partial charge in [-0.05, 0) is 93.1 Å². The van der Waals surface area contributed by atoms with Gasteiger partial charge in [0.2, 0.25) is 0 Å². The van der Waals surface area contributed by atoms with Crippen molar-refractivity contribution in [3.8, 4) is 0 Å². The van der Waals surface area contributed by atoms with E-state index in [-0.39, 0.29) is 26.3 Å². The van der Waals surface area contributed by atoms with Crippen molar-refractivity contribution in [2.75, 3.05) is 7.05 Å². The summed E-state index contributed by atoms with van der Waals surface area (Å²) < 4.78 is 46.8. The fourth-order valence-corrected chi connectivity index (χ4v) is 6.16. The number of hydrogen-bond acceptors (Lipinski definition) is 4. The molecule has 1 aliphatic heterocycles. The molecule has 180 valence electrons. The molecule has 1 amide bonds.